The monoisotopic (exact) mass is 302 g/mol. The van der Waals surface area contributed by atoms with Crippen LogP contribution >= 0.6 is 0 Å². The van der Waals surface area contributed by atoms with Crippen LogP contribution in [0.3, 0.4) is 0 Å². The summed E-state index contributed by atoms with van der Waals surface area (Å²) in [5, 5.41) is 14.8. The first-order chi connectivity index (χ1) is 10.5. The van der Waals surface area contributed by atoms with Gasteiger partial charge in [-0.2, -0.15) is 0 Å². The average molecular weight is 302 g/mol. The van der Waals surface area contributed by atoms with Crippen LogP contribution in [0.25, 0.3) is 0 Å². The van der Waals surface area contributed by atoms with Gasteiger partial charge in [-0.15, -0.1) is 0 Å². The van der Waals surface area contributed by atoms with E-state index in [-0.39, 0.29) is 36.4 Å². The summed E-state index contributed by atoms with van der Waals surface area (Å²) >= 11 is 0. The first-order valence-corrected chi connectivity index (χ1v) is 7.50. The van der Waals surface area contributed by atoms with Crippen molar-refractivity contribution in [3.05, 3.63) is 47.5 Å². The molecule has 5 heteroatoms. The number of carbonyl (C=O) groups is 2. The van der Waals surface area contributed by atoms with Gasteiger partial charge >= 0.3 is 0 Å². The van der Waals surface area contributed by atoms with Crippen LogP contribution in [-0.4, -0.2) is 35.6 Å². The van der Waals surface area contributed by atoms with Crippen LogP contribution in [0.2, 0.25) is 0 Å². The number of hydrogen-bond donors (Lipinski definition) is 3. The third-order valence-electron chi connectivity index (χ3n) is 3.55. The molecule has 1 aromatic carbocycles. The van der Waals surface area contributed by atoms with Gasteiger partial charge in [0.1, 0.15) is 0 Å². The van der Waals surface area contributed by atoms with E-state index in [9.17, 15) is 9.59 Å². The van der Waals surface area contributed by atoms with Gasteiger partial charge < -0.3 is 15.7 Å². The number of rotatable bonds is 5. The Balaban J connectivity index is 1.94. The van der Waals surface area contributed by atoms with Crippen LogP contribution in [0, 0.1) is 5.92 Å². The zero-order valence-corrected chi connectivity index (χ0v) is 12.9. The predicted molar refractivity (Wildman–Crippen MR) is 84.6 cm³/mol. The Bertz CT molecular complexity index is 564. The van der Waals surface area contributed by atoms with Gasteiger partial charge in [0.15, 0.2) is 0 Å². The SMILES string of the molecule is CC(C)NC(=O)c1ccc(C(=O)N[C@@H]2C=C[C@H](CO)C2)cc1. The highest BCUT2D eigenvalue weighted by Gasteiger charge is 2.20. The molecule has 0 aromatic heterocycles. The highest BCUT2D eigenvalue weighted by molar-refractivity contribution is 5.98. The van der Waals surface area contributed by atoms with Gasteiger partial charge in [-0.05, 0) is 44.5 Å². The zero-order chi connectivity index (χ0) is 16.1. The van der Waals surface area contributed by atoms with Crippen molar-refractivity contribution >= 4 is 11.8 Å². The Labute approximate surface area is 130 Å². The lowest BCUT2D eigenvalue weighted by atomic mass is 10.1. The molecule has 1 aliphatic carbocycles. The van der Waals surface area contributed by atoms with Gasteiger partial charge in [0, 0.05) is 35.7 Å². The largest absolute Gasteiger partial charge is 0.396 e. The van der Waals surface area contributed by atoms with Crippen molar-refractivity contribution in [1.82, 2.24) is 10.6 Å². The smallest absolute Gasteiger partial charge is 0.251 e. The first kappa shape index (κ1) is 16.2. The third kappa shape index (κ3) is 4.18. The van der Waals surface area contributed by atoms with Gasteiger partial charge in [-0.25, -0.2) is 0 Å². The van der Waals surface area contributed by atoms with Gasteiger partial charge in [-0.3, -0.25) is 9.59 Å². The molecule has 3 N–H and O–H groups in total. The summed E-state index contributed by atoms with van der Waals surface area (Å²) in [5.41, 5.74) is 1.05. The first-order valence-electron chi connectivity index (χ1n) is 7.50. The van der Waals surface area contributed by atoms with Crippen LogP contribution in [0.1, 0.15) is 41.0 Å². The van der Waals surface area contributed by atoms with E-state index in [0.29, 0.717) is 11.1 Å². The number of nitrogens with one attached hydrogen (secondary N) is 2. The summed E-state index contributed by atoms with van der Waals surface area (Å²) in [7, 11) is 0. The number of amides is 2. The topological polar surface area (TPSA) is 78.4 Å². The fraction of sp³-hybridized carbons (Fsp3) is 0.412. The summed E-state index contributed by atoms with van der Waals surface area (Å²) in [6, 6.07) is 6.61. The van der Waals surface area contributed by atoms with Crippen molar-refractivity contribution < 1.29 is 14.7 Å². The second-order valence-corrected chi connectivity index (χ2v) is 5.85. The maximum absolute atomic E-state index is 12.1. The molecule has 118 valence electrons. The fourth-order valence-electron chi connectivity index (χ4n) is 2.39. The van der Waals surface area contributed by atoms with Gasteiger partial charge in [0.25, 0.3) is 11.8 Å². The summed E-state index contributed by atoms with van der Waals surface area (Å²) in [5.74, 6) is -0.206. The summed E-state index contributed by atoms with van der Waals surface area (Å²) in [6.07, 6.45) is 4.55. The maximum atomic E-state index is 12.1. The minimum atomic E-state index is -0.177. The number of carbonyl (C=O) groups excluding carboxylic acids is 2. The molecule has 0 radical (unpaired) electrons. The normalized spacial score (nSPS) is 20.2. The maximum Gasteiger partial charge on any atom is 0.251 e. The van der Waals surface area contributed by atoms with E-state index in [2.05, 4.69) is 10.6 Å². The lowest BCUT2D eigenvalue weighted by Crippen LogP contribution is -2.33. The summed E-state index contributed by atoms with van der Waals surface area (Å²) in [6.45, 7) is 3.89. The molecule has 0 saturated carbocycles. The molecule has 2 atom stereocenters. The van der Waals surface area contributed by atoms with Crippen LogP contribution in [0.5, 0.6) is 0 Å². The van der Waals surface area contributed by atoms with Crippen molar-refractivity contribution in [1.29, 1.82) is 0 Å². The van der Waals surface area contributed by atoms with Gasteiger partial charge in [0.2, 0.25) is 0 Å². The van der Waals surface area contributed by atoms with Crippen molar-refractivity contribution in [3.63, 3.8) is 0 Å². The van der Waals surface area contributed by atoms with E-state index in [1.54, 1.807) is 24.3 Å². The molecule has 0 bridgehead atoms. The van der Waals surface area contributed by atoms with Crippen LogP contribution in [-0.2, 0) is 0 Å². The lowest BCUT2D eigenvalue weighted by molar-refractivity contribution is 0.0930. The summed E-state index contributed by atoms with van der Waals surface area (Å²) in [4.78, 5) is 24.0. The molecule has 0 spiro atoms. The van der Waals surface area contributed by atoms with E-state index in [1.807, 2.05) is 26.0 Å². The standard InChI is InChI=1S/C17H22N2O3/c1-11(2)18-16(21)13-4-6-14(7-5-13)17(22)19-15-8-3-12(9-15)10-20/h3-8,11-12,15,20H,9-10H2,1-2H3,(H,18,21)(H,19,22)/t12-,15+/m0/s1. The predicted octanol–water partition coefficient (Wildman–Crippen LogP) is 1.49. The number of aliphatic hydroxyl groups excluding tert-OH is 1. The molecule has 2 amide bonds. The molecule has 0 saturated heterocycles. The van der Waals surface area contributed by atoms with Crippen LogP contribution < -0.4 is 10.6 Å². The Morgan fingerprint density at radius 1 is 1.14 bits per heavy atom. The molecule has 2 rings (SSSR count). The number of aliphatic hydroxyl groups is 1. The second-order valence-electron chi connectivity index (χ2n) is 5.85. The number of hydrogen-bond acceptors (Lipinski definition) is 3. The Kier molecular flexibility index (Phi) is 5.33. The molecule has 0 aliphatic heterocycles. The van der Waals surface area contributed by atoms with Crippen molar-refractivity contribution in [2.45, 2.75) is 32.4 Å². The van der Waals surface area contributed by atoms with E-state index in [4.69, 9.17) is 5.11 Å². The highest BCUT2D eigenvalue weighted by Crippen LogP contribution is 2.17. The molecule has 1 aliphatic rings. The minimum absolute atomic E-state index is 0.0476. The molecule has 1 aromatic rings. The van der Waals surface area contributed by atoms with E-state index in [1.165, 1.54) is 0 Å². The fourth-order valence-corrected chi connectivity index (χ4v) is 2.39. The Morgan fingerprint density at radius 3 is 2.23 bits per heavy atom. The number of benzene rings is 1. The lowest BCUT2D eigenvalue weighted by Gasteiger charge is -2.13. The van der Waals surface area contributed by atoms with Gasteiger partial charge in [-0.1, -0.05) is 12.2 Å². The van der Waals surface area contributed by atoms with E-state index in [0.717, 1.165) is 6.42 Å². The Hall–Kier alpha value is -2.14. The average Bonchev–Trinajstić information content (AvgIpc) is 2.94. The molecule has 0 fully saturated rings. The Morgan fingerprint density at radius 2 is 1.73 bits per heavy atom. The van der Waals surface area contributed by atoms with E-state index < -0.39 is 0 Å². The minimum Gasteiger partial charge on any atom is -0.396 e. The molecule has 22 heavy (non-hydrogen) atoms. The van der Waals surface area contributed by atoms with Crippen molar-refractivity contribution in [2.75, 3.05) is 6.61 Å². The van der Waals surface area contributed by atoms with Crippen molar-refractivity contribution in [2.24, 2.45) is 5.92 Å². The second kappa shape index (κ2) is 7.22. The molecule has 5 nitrogen and oxygen atoms in total. The van der Waals surface area contributed by atoms with Crippen LogP contribution in [0.15, 0.2) is 36.4 Å². The molecular formula is C17H22N2O3. The van der Waals surface area contributed by atoms with Gasteiger partial charge in [0.05, 0.1) is 0 Å². The summed E-state index contributed by atoms with van der Waals surface area (Å²) < 4.78 is 0. The zero-order valence-electron chi connectivity index (χ0n) is 12.9. The van der Waals surface area contributed by atoms with Crippen LogP contribution in [0.4, 0.5) is 0 Å². The molecular weight excluding hydrogens is 280 g/mol. The molecule has 0 unspecified atom stereocenters. The van der Waals surface area contributed by atoms with Crippen molar-refractivity contribution in [3.8, 4) is 0 Å². The highest BCUT2D eigenvalue weighted by atomic mass is 16.3. The third-order valence-corrected chi connectivity index (χ3v) is 3.55. The van der Waals surface area contributed by atoms with E-state index >= 15 is 0 Å². The molecule has 0 heterocycles. The quantitative estimate of drug-likeness (QED) is 0.721.